The molecule has 128 valence electrons. The predicted octanol–water partition coefficient (Wildman–Crippen LogP) is -0.284. The van der Waals surface area contributed by atoms with Crippen LogP contribution in [-0.4, -0.2) is 50.5 Å². The number of carboxylic acids is 1. The van der Waals surface area contributed by atoms with E-state index in [4.69, 9.17) is 0 Å². The Hall–Kier alpha value is -2.78. The Morgan fingerprint density at radius 1 is 1.25 bits per heavy atom. The summed E-state index contributed by atoms with van der Waals surface area (Å²) in [7, 11) is 3.15. The molecule has 2 N–H and O–H groups in total. The van der Waals surface area contributed by atoms with E-state index in [2.05, 4.69) is 0 Å². The third kappa shape index (κ3) is 3.42. The van der Waals surface area contributed by atoms with Gasteiger partial charge in [0.25, 0.3) is 5.56 Å². The maximum Gasteiger partial charge on any atom is 0.342 e. The van der Waals surface area contributed by atoms with Crippen LogP contribution in [0, 0.1) is 5.82 Å². The number of nitrogens with zero attached hydrogens (tertiary/aromatic N) is 3. The molecule has 0 fully saturated rings. The van der Waals surface area contributed by atoms with Crippen LogP contribution in [0.3, 0.4) is 0 Å². The van der Waals surface area contributed by atoms with E-state index in [1.807, 2.05) is 0 Å². The van der Waals surface area contributed by atoms with Crippen LogP contribution < -0.4 is 11.2 Å². The lowest BCUT2D eigenvalue weighted by molar-refractivity contribution is 0.0245. The molecule has 0 aliphatic carbocycles. The van der Waals surface area contributed by atoms with E-state index in [1.165, 1.54) is 17.0 Å². The summed E-state index contributed by atoms with van der Waals surface area (Å²) in [6, 6.07) is 4.48. The summed E-state index contributed by atoms with van der Waals surface area (Å²) in [4.78, 5) is 37.5. The van der Waals surface area contributed by atoms with Gasteiger partial charge in [-0.15, -0.1) is 0 Å². The van der Waals surface area contributed by atoms with E-state index in [9.17, 15) is 29.0 Å². The van der Waals surface area contributed by atoms with Gasteiger partial charge in [-0.3, -0.25) is 14.3 Å². The van der Waals surface area contributed by atoms with Gasteiger partial charge in [-0.2, -0.15) is 0 Å². The number of hydrogen-bond acceptors (Lipinski definition) is 5. The first kappa shape index (κ1) is 17.6. The fourth-order valence-electron chi connectivity index (χ4n) is 2.04. The Balaban J connectivity index is 2.71. The van der Waals surface area contributed by atoms with Gasteiger partial charge < -0.3 is 10.2 Å². The lowest BCUT2D eigenvalue weighted by atomic mass is 10.2. The standard InChI is InChI=1S/C15H16FN3O5/c1-17(2)12(20)8-18-7-11(14(22)23)13(21)19(15(18)24)10-5-3-9(16)4-6-10/h3-7,12,20H,8H2,1-2H3,(H,22,23). The molecule has 2 aromatic rings. The molecule has 1 aromatic carbocycles. The highest BCUT2D eigenvalue weighted by Gasteiger charge is 2.19. The minimum atomic E-state index is -1.51. The Morgan fingerprint density at radius 3 is 2.33 bits per heavy atom. The average molecular weight is 337 g/mol. The van der Waals surface area contributed by atoms with E-state index in [1.54, 1.807) is 14.1 Å². The number of benzene rings is 1. The van der Waals surface area contributed by atoms with Gasteiger partial charge in [-0.05, 0) is 38.4 Å². The SMILES string of the molecule is CN(C)C(O)Cn1cc(C(=O)O)c(=O)n(-c2ccc(F)cc2)c1=O. The summed E-state index contributed by atoms with van der Waals surface area (Å²) in [6.45, 7) is -0.242. The molecule has 0 saturated carbocycles. The van der Waals surface area contributed by atoms with Gasteiger partial charge >= 0.3 is 11.7 Å². The molecule has 0 aliphatic heterocycles. The number of aliphatic hydroxyl groups is 1. The fourth-order valence-corrected chi connectivity index (χ4v) is 2.04. The molecule has 1 unspecified atom stereocenters. The van der Waals surface area contributed by atoms with E-state index in [0.717, 1.165) is 22.9 Å². The minimum Gasteiger partial charge on any atom is -0.477 e. The van der Waals surface area contributed by atoms with Crippen LogP contribution in [0.15, 0.2) is 40.1 Å². The van der Waals surface area contributed by atoms with Crippen molar-refractivity contribution in [3.05, 3.63) is 62.7 Å². The van der Waals surface area contributed by atoms with Crippen LogP contribution in [0.25, 0.3) is 5.69 Å². The Kier molecular flexibility index (Phi) is 4.96. The first-order valence-electron chi connectivity index (χ1n) is 6.92. The summed E-state index contributed by atoms with van der Waals surface area (Å²) in [5.74, 6) is -2.08. The molecule has 0 saturated heterocycles. The number of likely N-dealkylation sites (N-methyl/N-ethyl adjacent to an activating group) is 1. The van der Waals surface area contributed by atoms with E-state index < -0.39 is 34.8 Å². The zero-order valence-corrected chi connectivity index (χ0v) is 13.0. The number of aromatic nitrogens is 2. The number of hydrogen-bond donors (Lipinski definition) is 2. The van der Waals surface area contributed by atoms with Crippen molar-refractivity contribution in [2.24, 2.45) is 0 Å². The number of aromatic carboxylic acids is 1. The summed E-state index contributed by atoms with van der Waals surface area (Å²) in [5.41, 5.74) is -2.47. The molecule has 1 heterocycles. The van der Waals surface area contributed by atoms with Gasteiger partial charge in [0.15, 0.2) is 0 Å². The molecule has 0 radical (unpaired) electrons. The van der Waals surface area contributed by atoms with Crippen LogP contribution in [-0.2, 0) is 6.54 Å². The summed E-state index contributed by atoms with van der Waals surface area (Å²) in [6.07, 6.45) is -0.178. The highest BCUT2D eigenvalue weighted by molar-refractivity contribution is 5.86. The summed E-state index contributed by atoms with van der Waals surface area (Å²) in [5, 5.41) is 19.1. The van der Waals surface area contributed by atoms with Crippen molar-refractivity contribution in [3.63, 3.8) is 0 Å². The van der Waals surface area contributed by atoms with Gasteiger partial charge in [-0.1, -0.05) is 0 Å². The highest BCUT2D eigenvalue weighted by atomic mass is 19.1. The van der Waals surface area contributed by atoms with E-state index in [0.29, 0.717) is 4.57 Å². The largest absolute Gasteiger partial charge is 0.477 e. The molecular formula is C15H16FN3O5. The maximum atomic E-state index is 13.0. The second kappa shape index (κ2) is 6.77. The normalized spacial score (nSPS) is 12.4. The number of aliphatic hydroxyl groups excluding tert-OH is 1. The molecule has 9 heteroatoms. The van der Waals surface area contributed by atoms with Gasteiger partial charge in [0.05, 0.1) is 12.2 Å². The van der Waals surface area contributed by atoms with E-state index >= 15 is 0 Å². The number of halogens is 1. The van der Waals surface area contributed by atoms with Gasteiger partial charge in [-0.25, -0.2) is 18.5 Å². The molecular weight excluding hydrogens is 321 g/mol. The second-order valence-corrected chi connectivity index (χ2v) is 5.34. The third-order valence-corrected chi connectivity index (χ3v) is 3.43. The molecule has 0 spiro atoms. The quantitative estimate of drug-likeness (QED) is 0.727. The monoisotopic (exact) mass is 337 g/mol. The Bertz CT molecular complexity index is 870. The van der Waals surface area contributed by atoms with Crippen LogP contribution >= 0.6 is 0 Å². The van der Waals surface area contributed by atoms with Crippen molar-refractivity contribution in [1.82, 2.24) is 14.0 Å². The molecule has 24 heavy (non-hydrogen) atoms. The van der Waals surface area contributed by atoms with Crippen molar-refractivity contribution in [2.45, 2.75) is 12.8 Å². The predicted molar refractivity (Wildman–Crippen MR) is 82.9 cm³/mol. The zero-order valence-electron chi connectivity index (χ0n) is 13.0. The molecule has 0 amide bonds. The third-order valence-electron chi connectivity index (χ3n) is 3.43. The lowest BCUT2D eigenvalue weighted by Crippen LogP contribution is -2.44. The smallest absolute Gasteiger partial charge is 0.342 e. The summed E-state index contributed by atoms with van der Waals surface area (Å²) >= 11 is 0. The lowest BCUT2D eigenvalue weighted by Gasteiger charge is -2.20. The van der Waals surface area contributed by atoms with Gasteiger partial charge in [0.2, 0.25) is 0 Å². The highest BCUT2D eigenvalue weighted by Crippen LogP contribution is 2.06. The van der Waals surface area contributed by atoms with Crippen molar-refractivity contribution in [3.8, 4) is 5.69 Å². The molecule has 0 aliphatic rings. The molecule has 1 aromatic heterocycles. The number of rotatable bonds is 5. The van der Waals surface area contributed by atoms with E-state index in [-0.39, 0.29) is 12.2 Å². The second-order valence-electron chi connectivity index (χ2n) is 5.34. The van der Waals surface area contributed by atoms with Crippen molar-refractivity contribution in [2.75, 3.05) is 14.1 Å². The average Bonchev–Trinajstić information content (AvgIpc) is 2.51. The van der Waals surface area contributed by atoms with Gasteiger partial charge in [0.1, 0.15) is 17.6 Å². The number of carbonyl (C=O) groups is 1. The van der Waals surface area contributed by atoms with Crippen LogP contribution in [0.5, 0.6) is 0 Å². The Morgan fingerprint density at radius 2 is 1.83 bits per heavy atom. The Labute approximate surface area is 135 Å². The molecule has 1 atom stereocenters. The van der Waals surface area contributed by atoms with Crippen LogP contribution in [0.4, 0.5) is 4.39 Å². The number of carboxylic acid groups (broad SMARTS) is 1. The fraction of sp³-hybridized carbons (Fsp3) is 0.267. The van der Waals surface area contributed by atoms with Crippen molar-refractivity contribution >= 4 is 5.97 Å². The van der Waals surface area contributed by atoms with Gasteiger partial charge in [0, 0.05) is 6.20 Å². The summed E-state index contributed by atoms with van der Waals surface area (Å²) < 4.78 is 14.6. The van der Waals surface area contributed by atoms with Crippen LogP contribution in [0.2, 0.25) is 0 Å². The van der Waals surface area contributed by atoms with Crippen molar-refractivity contribution in [1.29, 1.82) is 0 Å². The van der Waals surface area contributed by atoms with Crippen LogP contribution in [0.1, 0.15) is 10.4 Å². The first-order valence-corrected chi connectivity index (χ1v) is 6.92. The molecule has 8 nitrogen and oxygen atoms in total. The maximum absolute atomic E-state index is 13.0. The minimum absolute atomic E-state index is 0.0302. The molecule has 2 rings (SSSR count). The molecule has 0 bridgehead atoms. The first-order chi connectivity index (χ1) is 11.2. The van der Waals surface area contributed by atoms with Crippen molar-refractivity contribution < 1.29 is 19.4 Å². The topological polar surface area (TPSA) is 105 Å². The zero-order chi connectivity index (χ0) is 18.0.